The van der Waals surface area contributed by atoms with Gasteiger partial charge in [-0.2, -0.15) is 0 Å². The minimum Gasteiger partial charge on any atom is -0.450 e. The Morgan fingerprint density at radius 3 is 2.76 bits per heavy atom. The first-order valence-corrected chi connectivity index (χ1v) is 7.56. The summed E-state index contributed by atoms with van der Waals surface area (Å²) in [4.78, 5) is 13.3. The van der Waals surface area contributed by atoms with Gasteiger partial charge in [0.25, 0.3) is 0 Å². The Bertz CT molecular complexity index is 470. The molecule has 1 heterocycles. The van der Waals surface area contributed by atoms with Crippen molar-refractivity contribution in [3.05, 3.63) is 34.6 Å². The van der Waals surface area contributed by atoms with Crippen LogP contribution >= 0.6 is 11.6 Å². The van der Waals surface area contributed by atoms with Crippen LogP contribution in [0.3, 0.4) is 0 Å². The highest BCUT2D eigenvalue weighted by Crippen LogP contribution is 2.16. The highest BCUT2D eigenvalue weighted by Gasteiger charge is 2.23. The molecular weight excluding hydrogens is 295 g/mol. The first-order valence-electron chi connectivity index (χ1n) is 7.18. The lowest BCUT2D eigenvalue weighted by Crippen LogP contribution is -2.44. The number of piperidine rings is 1. The third-order valence-corrected chi connectivity index (χ3v) is 3.76. The van der Waals surface area contributed by atoms with Crippen LogP contribution < -0.4 is 5.32 Å². The van der Waals surface area contributed by atoms with Gasteiger partial charge in [-0.15, -0.1) is 0 Å². The van der Waals surface area contributed by atoms with E-state index in [0.717, 1.165) is 18.4 Å². The molecule has 1 aliphatic heterocycles. The van der Waals surface area contributed by atoms with E-state index in [0.29, 0.717) is 37.3 Å². The molecule has 1 saturated heterocycles. The summed E-state index contributed by atoms with van der Waals surface area (Å²) >= 11 is 5.83. The van der Waals surface area contributed by atoms with Crippen LogP contribution in [0.4, 0.5) is 9.18 Å². The number of amides is 1. The van der Waals surface area contributed by atoms with Crippen LogP contribution in [-0.2, 0) is 11.3 Å². The van der Waals surface area contributed by atoms with Gasteiger partial charge in [0.15, 0.2) is 0 Å². The maximum atomic E-state index is 13.2. The third-order valence-electron chi connectivity index (χ3n) is 3.54. The van der Waals surface area contributed by atoms with E-state index in [4.69, 9.17) is 16.3 Å². The molecular formula is C15H20ClFN2O2. The number of hydrogen-bond acceptors (Lipinski definition) is 3. The highest BCUT2D eigenvalue weighted by atomic mass is 35.5. The maximum absolute atomic E-state index is 13.2. The summed E-state index contributed by atoms with van der Waals surface area (Å²) in [7, 11) is 0. The van der Waals surface area contributed by atoms with Gasteiger partial charge in [0.1, 0.15) is 5.82 Å². The van der Waals surface area contributed by atoms with Crippen molar-refractivity contribution in [2.75, 3.05) is 19.7 Å². The lowest BCUT2D eigenvalue weighted by atomic mass is 10.0. The van der Waals surface area contributed by atoms with Gasteiger partial charge in [-0.05, 0) is 43.5 Å². The molecule has 116 valence electrons. The number of nitrogens with one attached hydrogen (secondary N) is 1. The number of likely N-dealkylation sites (tertiary alicyclic amines) is 1. The molecule has 1 aromatic carbocycles. The van der Waals surface area contributed by atoms with Crippen molar-refractivity contribution in [2.24, 2.45) is 0 Å². The number of benzene rings is 1. The number of hydrogen-bond donors (Lipinski definition) is 1. The molecule has 0 aromatic heterocycles. The topological polar surface area (TPSA) is 41.6 Å². The van der Waals surface area contributed by atoms with Crippen molar-refractivity contribution in [3.63, 3.8) is 0 Å². The molecule has 6 heteroatoms. The number of nitrogens with zero attached hydrogens (tertiary/aromatic N) is 1. The fourth-order valence-electron chi connectivity index (χ4n) is 2.46. The van der Waals surface area contributed by atoms with Gasteiger partial charge in [0.05, 0.1) is 6.61 Å². The average molecular weight is 315 g/mol. The Labute approximate surface area is 129 Å². The van der Waals surface area contributed by atoms with Crippen molar-refractivity contribution in [1.82, 2.24) is 10.2 Å². The van der Waals surface area contributed by atoms with E-state index >= 15 is 0 Å². The minimum absolute atomic E-state index is 0.243. The molecule has 1 fully saturated rings. The van der Waals surface area contributed by atoms with E-state index in [2.05, 4.69) is 5.32 Å². The Hall–Kier alpha value is -1.33. The van der Waals surface area contributed by atoms with E-state index in [9.17, 15) is 9.18 Å². The molecule has 2 rings (SSSR count). The largest absolute Gasteiger partial charge is 0.450 e. The van der Waals surface area contributed by atoms with Crippen molar-refractivity contribution >= 4 is 17.7 Å². The molecule has 0 spiro atoms. The third kappa shape index (κ3) is 4.86. The molecule has 0 atom stereocenters. The first-order chi connectivity index (χ1) is 10.1. The zero-order valence-electron chi connectivity index (χ0n) is 12.1. The molecule has 1 aromatic rings. The van der Waals surface area contributed by atoms with Crippen LogP contribution in [0.2, 0.25) is 5.02 Å². The molecule has 21 heavy (non-hydrogen) atoms. The molecule has 0 saturated carbocycles. The lowest BCUT2D eigenvalue weighted by molar-refractivity contribution is 0.0950. The lowest BCUT2D eigenvalue weighted by Gasteiger charge is -2.31. The Balaban J connectivity index is 1.77. The normalized spacial score (nSPS) is 16.0. The summed E-state index contributed by atoms with van der Waals surface area (Å²) in [6, 6.07) is 4.85. The van der Waals surface area contributed by atoms with Crippen LogP contribution in [0.15, 0.2) is 18.2 Å². The van der Waals surface area contributed by atoms with E-state index in [-0.39, 0.29) is 11.9 Å². The Morgan fingerprint density at radius 1 is 1.43 bits per heavy atom. The molecule has 1 N–H and O–H groups in total. The van der Waals surface area contributed by atoms with Crippen molar-refractivity contribution in [1.29, 1.82) is 0 Å². The van der Waals surface area contributed by atoms with Crippen molar-refractivity contribution in [3.8, 4) is 0 Å². The first kappa shape index (κ1) is 16.0. The molecule has 1 aliphatic rings. The maximum Gasteiger partial charge on any atom is 0.409 e. The summed E-state index contributed by atoms with van der Waals surface area (Å²) in [5.41, 5.74) is 0.827. The average Bonchev–Trinajstić information content (AvgIpc) is 2.45. The van der Waals surface area contributed by atoms with E-state index in [1.165, 1.54) is 12.1 Å². The van der Waals surface area contributed by atoms with Gasteiger partial charge in [0.2, 0.25) is 0 Å². The summed E-state index contributed by atoms with van der Waals surface area (Å²) in [5, 5.41) is 3.79. The van der Waals surface area contributed by atoms with Gasteiger partial charge >= 0.3 is 6.09 Å². The van der Waals surface area contributed by atoms with E-state index in [1.807, 2.05) is 0 Å². The van der Waals surface area contributed by atoms with E-state index < -0.39 is 0 Å². The smallest absolute Gasteiger partial charge is 0.409 e. The Kier molecular flexibility index (Phi) is 5.82. The van der Waals surface area contributed by atoms with Crippen LogP contribution in [0.1, 0.15) is 25.3 Å². The van der Waals surface area contributed by atoms with Crippen LogP contribution in [0.25, 0.3) is 0 Å². The molecule has 0 unspecified atom stereocenters. The highest BCUT2D eigenvalue weighted by molar-refractivity contribution is 6.30. The molecule has 4 nitrogen and oxygen atoms in total. The standard InChI is InChI=1S/C15H20ClFN2O2/c1-2-21-15(20)19-5-3-14(4-6-19)18-10-11-7-12(16)9-13(17)8-11/h7-9,14,18H,2-6,10H2,1H3. The van der Waals surface area contributed by atoms with Crippen molar-refractivity contribution in [2.45, 2.75) is 32.4 Å². The second-order valence-electron chi connectivity index (χ2n) is 5.12. The van der Waals surface area contributed by atoms with Gasteiger partial charge < -0.3 is 15.0 Å². The Morgan fingerprint density at radius 2 is 2.14 bits per heavy atom. The summed E-state index contributed by atoms with van der Waals surface area (Å²) < 4.78 is 18.2. The number of ether oxygens (including phenoxy) is 1. The summed E-state index contributed by atoms with van der Waals surface area (Å²) in [5.74, 6) is -0.323. The molecule has 0 bridgehead atoms. The second-order valence-corrected chi connectivity index (χ2v) is 5.56. The zero-order valence-corrected chi connectivity index (χ0v) is 12.8. The predicted molar refractivity (Wildman–Crippen MR) is 79.9 cm³/mol. The van der Waals surface area contributed by atoms with Crippen molar-refractivity contribution < 1.29 is 13.9 Å². The number of carbonyl (C=O) groups is 1. The van der Waals surface area contributed by atoms with Gasteiger partial charge in [-0.25, -0.2) is 9.18 Å². The summed E-state index contributed by atoms with van der Waals surface area (Å²) in [6.07, 6.45) is 1.48. The molecule has 1 amide bonds. The number of halogens is 2. The summed E-state index contributed by atoms with van der Waals surface area (Å²) in [6.45, 7) is 4.13. The van der Waals surface area contributed by atoms with Crippen LogP contribution in [0.5, 0.6) is 0 Å². The van der Waals surface area contributed by atoms with Crippen LogP contribution in [-0.4, -0.2) is 36.7 Å². The molecule has 0 aliphatic carbocycles. The quantitative estimate of drug-likeness (QED) is 0.928. The fourth-order valence-corrected chi connectivity index (χ4v) is 2.70. The monoisotopic (exact) mass is 314 g/mol. The van der Waals surface area contributed by atoms with Gasteiger partial charge in [-0.1, -0.05) is 11.6 Å². The minimum atomic E-state index is -0.323. The van der Waals surface area contributed by atoms with E-state index in [1.54, 1.807) is 17.9 Å². The zero-order chi connectivity index (χ0) is 15.2. The number of carbonyl (C=O) groups excluding carboxylic acids is 1. The fraction of sp³-hybridized carbons (Fsp3) is 0.533. The SMILES string of the molecule is CCOC(=O)N1CCC(NCc2cc(F)cc(Cl)c2)CC1. The van der Waals surface area contributed by atoms with Crippen LogP contribution in [0, 0.1) is 5.82 Å². The number of rotatable bonds is 4. The second kappa shape index (κ2) is 7.61. The van der Waals surface area contributed by atoms with Gasteiger partial charge in [0, 0.05) is 30.7 Å². The molecule has 0 radical (unpaired) electrons. The van der Waals surface area contributed by atoms with Gasteiger partial charge in [-0.3, -0.25) is 0 Å². The predicted octanol–water partition coefficient (Wildman–Crippen LogP) is 3.19.